The number of para-hydroxylation sites is 2. The number of halogens is 9. The van der Waals surface area contributed by atoms with E-state index in [9.17, 15) is 50.0 Å². The monoisotopic (exact) mass is 738 g/mol. The Morgan fingerprint density at radius 3 is 1.33 bits per heavy atom. The van der Waals surface area contributed by atoms with E-state index >= 15 is 0 Å². The molecule has 0 saturated heterocycles. The second kappa shape index (κ2) is 11.9. The van der Waals surface area contributed by atoms with Crippen molar-refractivity contribution in [3.05, 3.63) is 143 Å². The number of fused-ring (bicyclic) bond motifs is 6. The van der Waals surface area contributed by atoms with Gasteiger partial charge in [-0.3, -0.25) is 0 Å². The highest BCUT2D eigenvalue weighted by Gasteiger charge is 2.36. The van der Waals surface area contributed by atoms with Gasteiger partial charge in [-0.25, -0.2) is 0 Å². The fourth-order valence-electron chi connectivity index (χ4n) is 7.15. The van der Waals surface area contributed by atoms with E-state index in [2.05, 4.69) is 6.07 Å². The van der Waals surface area contributed by atoms with Gasteiger partial charge in [-0.15, -0.1) is 0 Å². The number of rotatable bonds is 3. The molecule has 0 saturated carbocycles. The standard InChI is InChI=1S/C41H19F9N4/c42-39(43,44)24-10-13-35-29(18-24)27-5-1-3-7-33(27)53(35)37-16-23(26-12-9-22(20-51)15-32(26)41(48,49)50)17-38(31(37)21-52)54-34-8-4-2-6-28(34)30-19-25(40(45,46)47)11-14-36(30)54/h1-19H. The first-order chi connectivity index (χ1) is 25.6. The fraction of sp³-hybridized carbons (Fsp3) is 0.0732. The van der Waals surface area contributed by atoms with Gasteiger partial charge in [0.15, 0.2) is 0 Å². The van der Waals surface area contributed by atoms with Crippen LogP contribution in [0.25, 0.3) is 66.1 Å². The van der Waals surface area contributed by atoms with Crippen LogP contribution in [-0.2, 0) is 18.5 Å². The third-order valence-electron chi connectivity index (χ3n) is 9.46. The lowest BCUT2D eigenvalue weighted by molar-refractivity contribution is -0.138. The molecule has 8 aromatic rings. The number of benzene rings is 6. The molecule has 2 aromatic heterocycles. The molecule has 0 aliphatic heterocycles. The van der Waals surface area contributed by atoms with Crippen LogP contribution in [-0.4, -0.2) is 9.13 Å². The Morgan fingerprint density at radius 1 is 0.444 bits per heavy atom. The van der Waals surface area contributed by atoms with E-state index in [1.54, 1.807) is 54.6 Å². The molecule has 0 aliphatic carbocycles. The molecule has 2 heterocycles. The van der Waals surface area contributed by atoms with Crippen molar-refractivity contribution in [3.8, 4) is 34.6 Å². The molecule has 0 radical (unpaired) electrons. The number of hydrogen-bond acceptors (Lipinski definition) is 2. The zero-order valence-corrected chi connectivity index (χ0v) is 27.2. The Bertz CT molecular complexity index is 2780. The van der Waals surface area contributed by atoms with Gasteiger partial charge < -0.3 is 9.13 Å². The van der Waals surface area contributed by atoms with Crippen LogP contribution >= 0.6 is 0 Å². The molecule has 8 rings (SSSR count). The first kappa shape index (κ1) is 34.4. The number of hydrogen-bond donors (Lipinski definition) is 0. The maximum atomic E-state index is 14.7. The lowest BCUT2D eigenvalue weighted by Crippen LogP contribution is -2.09. The molecule has 0 amide bonds. The van der Waals surface area contributed by atoms with Gasteiger partial charge in [0.05, 0.1) is 61.8 Å². The van der Waals surface area contributed by atoms with Crippen molar-refractivity contribution >= 4 is 43.6 Å². The number of alkyl halides is 9. The SMILES string of the molecule is N#Cc1ccc(-c2cc(-n3c4ccccc4c4cc(C(F)(F)F)ccc43)c(C#N)c(-n3c4ccccc4c4cc(C(F)(F)F)ccc43)c2)c(C(F)(F)F)c1. The molecule has 0 bridgehead atoms. The Hall–Kier alpha value is -6.73. The molecule has 0 atom stereocenters. The molecule has 266 valence electrons. The van der Waals surface area contributed by atoms with E-state index in [-0.39, 0.29) is 55.4 Å². The summed E-state index contributed by atoms with van der Waals surface area (Å²) in [5.74, 6) is 0. The maximum Gasteiger partial charge on any atom is 0.417 e. The summed E-state index contributed by atoms with van der Waals surface area (Å²) in [7, 11) is 0. The van der Waals surface area contributed by atoms with Crippen molar-refractivity contribution in [3.63, 3.8) is 0 Å². The second-order valence-corrected chi connectivity index (χ2v) is 12.5. The Balaban J connectivity index is 1.56. The predicted octanol–water partition coefficient (Wildman–Crippen LogP) is 12.3. The molecule has 54 heavy (non-hydrogen) atoms. The number of nitrogens with zero attached hydrogens (tertiary/aromatic N) is 4. The van der Waals surface area contributed by atoms with E-state index in [0.717, 1.165) is 30.3 Å². The second-order valence-electron chi connectivity index (χ2n) is 12.5. The third kappa shape index (κ3) is 5.39. The van der Waals surface area contributed by atoms with E-state index in [1.165, 1.54) is 39.5 Å². The molecule has 0 N–H and O–H groups in total. The van der Waals surface area contributed by atoms with Crippen molar-refractivity contribution in [2.45, 2.75) is 18.5 Å². The molecule has 13 heteroatoms. The van der Waals surface area contributed by atoms with Crippen LogP contribution in [0.1, 0.15) is 27.8 Å². The third-order valence-corrected chi connectivity index (χ3v) is 9.46. The van der Waals surface area contributed by atoms with Crippen LogP contribution in [0.5, 0.6) is 0 Å². The van der Waals surface area contributed by atoms with Gasteiger partial charge in [-0.05, 0) is 83.9 Å². The first-order valence-electron chi connectivity index (χ1n) is 16.0. The molecule has 0 spiro atoms. The zero-order chi connectivity index (χ0) is 38.3. The minimum absolute atomic E-state index is 0.00807. The molecular formula is C41H19F9N4. The summed E-state index contributed by atoms with van der Waals surface area (Å²) in [6.07, 6.45) is -14.4. The van der Waals surface area contributed by atoms with Crippen molar-refractivity contribution in [2.24, 2.45) is 0 Å². The topological polar surface area (TPSA) is 57.4 Å². The Morgan fingerprint density at radius 2 is 0.907 bits per heavy atom. The van der Waals surface area contributed by atoms with Crippen LogP contribution in [0.15, 0.2) is 115 Å². The van der Waals surface area contributed by atoms with Crippen LogP contribution in [0.2, 0.25) is 0 Å². The Kier molecular flexibility index (Phi) is 7.57. The largest absolute Gasteiger partial charge is 0.417 e. The van der Waals surface area contributed by atoms with Gasteiger partial charge in [-0.1, -0.05) is 42.5 Å². The maximum absolute atomic E-state index is 14.7. The zero-order valence-electron chi connectivity index (χ0n) is 27.2. The number of nitriles is 2. The van der Waals surface area contributed by atoms with Gasteiger partial charge in [-0.2, -0.15) is 50.0 Å². The molecule has 6 aromatic carbocycles. The number of aromatic nitrogens is 2. The van der Waals surface area contributed by atoms with Gasteiger partial charge in [0.2, 0.25) is 0 Å². The summed E-state index contributed by atoms with van der Waals surface area (Å²) >= 11 is 0. The first-order valence-corrected chi connectivity index (χ1v) is 16.0. The molecular weight excluding hydrogens is 719 g/mol. The lowest BCUT2D eigenvalue weighted by atomic mass is 9.94. The summed E-state index contributed by atoms with van der Waals surface area (Å²) < 4.78 is 131. The van der Waals surface area contributed by atoms with Crippen LogP contribution in [0, 0.1) is 22.7 Å². The summed E-state index contributed by atoms with van der Waals surface area (Å²) in [5, 5.41) is 21.4. The van der Waals surface area contributed by atoms with E-state index < -0.39 is 35.2 Å². The Labute approximate surface area is 298 Å². The van der Waals surface area contributed by atoms with Crippen LogP contribution in [0.3, 0.4) is 0 Å². The molecule has 0 aliphatic rings. The van der Waals surface area contributed by atoms with Crippen molar-refractivity contribution in [1.82, 2.24) is 9.13 Å². The summed E-state index contributed by atoms with van der Waals surface area (Å²) in [6.45, 7) is 0. The summed E-state index contributed by atoms with van der Waals surface area (Å²) in [6, 6.07) is 28.4. The van der Waals surface area contributed by atoms with Crippen molar-refractivity contribution < 1.29 is 39.5 Å². The van der Waals surface area contributed by atoms with Crippen molar-refractivity contribution in [1.29, 1.82) is 10.5 Å². The smallest absolute Gasteiger partial charge is 0.308 e. The quantitative estimate of drug-likeness (QED) is 0.170. The van der Waals surface area contributed by atoms with Gasteiger partial charge in [0.1, 0.15) is 11.6 Å². The highest BCUT2D eigenvalue weighted by atomic mass is 19.4. The normalized spacial score (nSPS) is 12.5. The summed E-state index contributed by atoms with van der Waals surface area (Å²) in [5.41, 5.74) is -2.87. The predicted molar refractivity (Wildman–Crippen MR) is 185 cm³/mol. The molecule has 4 nitrogen and oxygen atoms in total. The van der Waals surface area contributed by atoms with E-state index in [1.807, 2.05) is 0 Å². The highest BCUT2D eigenvalue weighted by Crippen LogP contribution is 2.44. The highest BCUT2D eigenvalue weighted by molar-refractivity contribution is 6.11. The van der Waals surface area contributed by atoms with Gasteiger partial charge in [0, 0.05) is 21.5 Å². The molecule has 0 fully saturated rings. The van der Waals surface area contributed by atoms with E-state index in [0.29, 0.717) is 27.9 Å². The van der Waals surface area contributed by atoms with E-state index in [4.69, 9.17) is 0 Å². The average Bonchev–Trinajstić information content (AvgIpc) is 3.65. The molecule has 0 unspecified atom stereocenters. The van der Waals surface area contributed by atoms with Crippen LogP contribution < -0.4 is 0 Å². The van der Waals surface area contributed by atoms with Gasteiger partial charge >= 0.3 is 18.5 Å². The average molecular weight is 739 g/mol. The van der Waals surface area contributed by atoms with Crippen molar-refractivity contribution in [2.75, 3.05) is 0 Å². The minimum Gasteiger partial charge on any atom is -0.308 e. The van der Waals surface area contributed by atoms with Crippen LogP contribution in [0.4, 0.5) is 39.5 Å². The summed E-state index contributed by atoms with van der Waals surface area (Å²) in [4.78, 5) is 0. The minimum atomic E-state index is -4.96. The fourth-order valence-corrected chi connectivity index (χ4v) is 7.15. The lowest BCUT2D eigenvalue weighted by Gasteiger charge is -2.20. The van der Waals surface area contributed by atoms with Gasteiger partial charge in [0.25, 0.3) is 0 Å².